The van der Waals surface area contributed by atoms with Gasteiger partial charge in [0.05, 0.1) is 13.5 Å². The third-order valence-electron chi connectivity index (χ3n) is 3.92. The first-order valence-corrected chi connectivity index (χ1v) is 8.43. The van der Waals surface area contributed by atoms with Crippen molar-refractivity contribution in [2.24, 2.45) is 0 Å². The fourth-order valence-corrected chi connectivity index (χ4v) is 2.55. The molecule has 2 aromatic carbocycles. The van der Waals surface area contributed by atoms with Gasteiger partial charge in [0.2, 0.25) is 17.7 Å². The Balaban J connectivity index is 1.48. The number of aromatic nitrogens is 2. The van der Waals surface area contributed by atoms with Crippen LogP contribution in [0.5, 0.6) is 5.75 Å². The highest BCUT2D eigenvalue weighted by atomic mass is 16.5. The number of methoxy groups -OCH3 is 1. The second-order valence-electron chi connectivity index (χ2n) is 6.00. The monoisotopic (exact) mass is 351 g/mol. The molecule has 0 aliphatic carbocycles. The molecule has 0 bridgehead atoms. The van der Waals surface area contributed by atoms with Crippen LogP contribution in [0.25, 0.3) is 11.5 Å². The van der Waals surface area contributed by atoms with E-state index in [4.69, 9.17) is 9.15 Å². The van der Waals surface area contributed by atoms with Crippen LogP contribution in [-0.4, -0.2) is 29.8 Å². The van der Waals surface area contributed by atoms with Gasteiger partial charge in [0.25, 0.3) is 0 Å². The largest absolute Gasteiger partial charge is 0.497 e. The van der Waals surface area contributed by atoms with Gasteiger partial charge in [-0.15, -0.1) is 10.2 Å². The Morgan fingerprint density at radius 3 is 2.69 bits per heavy atom. The molecule has 0 saturated carbocycles. The summed E-state index contributed by atoms with van der Waals surface area (Å²) in [6, 6.07) is 15.3. The summed E-state index contributed by atoms with van der Waals surface area (Å²) in [7, 11) is 1.61. The minimum atomic E-state index is -0.0476. The van der Waals surface area contributed by atoms with Gasteiger partial charge < -0.3 is 14.5 Å². The molecule has 0 saturated heterocycles. The highest BCUT2D eigenvalue weighted by molar-refractivity contribution is 5.78. The Kier molecular flexibility index (Phi) is 5.63. The second kappa shape index (κ2) is 8.29. The Labute approximate surface area is 152 Å². The summed E-state index contributed by atoms with van der Waals surface area (Å²) in [6.45, 7) is 2.46. The molecule has 0 radical (unpaired) electrons. The van der Waals surface area contributed by atoms with Crippen LogP contribution >= 0.6 is 0 Å². The van der Waals surface area contributed by atoms with Crippen LogP contribution in [0.4, 0.5) is 0 Å². The first-order valence-electron chi connectivity index (χ1n) is 8.43. The fourth-order valence-electron chi connectivity index (χ4n) is 2.55. The van der Waals surface area contributed by atoms with E-state index in [0.29, 0.717) is 31.2 Å². The minimum absolute atomic E-state index is 0.0476. The molecule has 26 heavy (non-hydrogen) atoms. The molecule has 0 aliphatic rings. The van der Waals surface area contributed by atoms with E-state index in [9.17, 15) is 4.79 Å². The summed E-state index contributed by atoms with van der Waals surface area (Å²) in [5, 5.41) is 11.0. The Hall–Kier alpha value is -3.15. The molecule has 6 nitrogen and oxygen atoms in total. The van der Waals surface area contributed by atoms with Crippen LogP contribution < -0.4 is 10.1 Å². The lowest BCUT2D eigenvalue weighted by molar-refractivity contribution is -0.120. The molecular weight excluding hydrogens is 330 g/mol. The normalized spacial score (nSPS) is 10.5. The lowest BCUT2D eigenvalue weighted by atomic mass is 10.1. The van der Waals surface area contributed by atoms with Gasteiger partial charge in [-0.25, -0.2) is 0 Å². The third-order valence-corrected chi connectivity index (χ3v) is 3.92. The van der Waals surface area contributed by atoms with Crippen molar-refractivity contribution in [2.45, 2.75) is 19.8 Å². The van der Waals surface area contributed by atoms with Gasteiger partial charge in [-0.3, -0.25) is 4.79 Å². The molecule has 0 unspecified atom stereocenters. The number of rotatable bonds is 7. The summed E-state index contributed by atoms with van der Waals surface area (Å²) in [4.78, 5) is 12.0. The Morgan fingerprint density at radius 2 is 1.96 bits per heavy atom. The number of aryl methyl sites for hydroxylation is 1. The average molecular weight is 351 g/mol. The van der Waals surface area contributed by atoms with Crippen molar-refractivity contribution in [3.63, 3.8) is 0 Å². The van der Waals surface area contributed by atoms with Gasteiger partial charge >= 0.3 is 0 Å². The maximum absolute atomic E-state index is 12.0. The summed E-state index contributed by atoms with van der Waals surface area (Å²) in [5.74, 6) is 1.73. The predicted octanol–water partition coefficient (Wildman–Crippen LogP) is 2.96. The number of ether oxygens (including phenoxy) is 1. The van der Waals surface area contributed by atoms with Gasteiger partial charge in [0, 0.05) is 18.5 Å². The lowest BCUT2D eigenvalue weighted by Gasteiger charge is -2.05. The fraction of sp³-hybridized carbons (Fsp3) is 0.250. The first kappa shape index (κ1) is 17.7. The van der Waals surface area contributed by atoms with Crippen LogP contribution in [0.1, 0.15) is 17.0 Å². The summed E-state index contributed by atoms with van der Waals surface area (Å²) in [6.07, 6.45) is 0.815. The molecule has 1 amide bonds. The van der Waals surface area contributed by atoms with Crippen molar-refractivity contribution in [3.05, 3.63) is 65.5 Å². The molecule has 0 fully saturated rings. The highest BCUT2D eigenvalue weighted by Gasteiger charge is 2.09. The molecule has 0 aliphatic heterocycles. The van der Waals surface area contributed by atoms with E-state index in [1.54, 1.807) is 7.11 Å². The molecule has 6 heteroatoms. The first-order chi connectivity index (χ1) is 12.6. The highest BCUT2D eigenvalue weighted by Crippen LogP contribution is 2.18. The van der Waals surface area contributed by atoms with Crippen molar-refractivity contribution in [1.82, 2.24) is 15.5 Å². The Morgan fingerprint density at radius 1 is 1.15 bits per heavy atom. The summed E-state index contributed by atoms with van der Waals surface area (Å²) in [5.41, 5.74) is 2.96. The van der Waals surface area contributed by atoms with Gasteiger partial charge in [0.15, 0.2) is 0 Å². The van der Waals surface area contributed by atoms with Crippen molar-refractivity contribution in [2.75, 3.05) is 13.7 Å². The number of hydrogen-bond acceptors (Lipinski definition) is 5. The second-order valence-corrected chi connectivity index (χ2v) is 6.00. The zero-order valence-electron chi connectivity index (χ0n) is 14.9. The zero-order chi connectivity index (χ0) is 18.4. The predicted molar refractivity (Wildman–Crippen MR) is 97.9 cm³/mol. The maximum Gasteiger partial charge on any atom is 0.247 e. The molecular formula is C20H21N3O3. The maximum atomic E-state index is 12.0. The van der Waals surface area contributed by atoms with Gasteiger partial charge in [-0.05, 0) is 36.8 Å². The SMILES string of the molecule is COc1ccc(CC(=O)NCCc2nnc(-c3cccc(C)c3)o2)cc1. The molecule has 3 aromatic rings. The standard InChI is InChI=1S/C20H21N3O3/c1-14-4-3-5-16(12-14)20-23-22-19(26-20)10-11-21-18(24)13-15-6-8-17(25-2)9-7-15/h3-9,12H,10-11,13H2,1-2H3,(H,21,24). The third kappa shape index (κ3) is 4.69. The van der Waals surface area contributed by atoms with Crippen molar-refractivity contribution in [3.8, 4) is 17.2 Å². The molecule has 0 atom stereocenters. The van der Waals surface area contributed by atoms with E-state index in [1.165, 1.54) is 0 Å². The van der Waals surface area contributed by atoms with Crippen LogP contribution in [0, 0.1) is 6.92 Å². The van der Waals surface area contributed by atoms with E-state index in [1.807, 2.05) is 55.5 Å². The summed E-state index contributed by atoms with van der Waals surface area (Å²) < 4.78 is 10.8. The van der Waals surface area contributed by atoms with E-state index < -0.39 is 0 Å². The molecule has 1 aromatic heterocycles. The van der Waals surface area contributed by atoms with E-state index in [2.05, 4.69) is 15.5 Å². The zero-order valence-corrected chi connectivity index (χ0v) is 14.9. The number of carbonyl (C=O) groups is 1. The smallest absolute Gasteiger partial charge is 0.247 e. The van der Waals surface area contributed by atoms with Gasteiger partial charge in [0.1, 0.15) is 5.75 Å². The van der Waals surface area contributed by atoms with E-state index >= 15 is 0 Å². The number of nitrogens with one attached hydrogen (secondary N) is 1. The lowest BCUT2D eigenvalue weighted by Crippen LogP contribution is -2.27. The topological polar surface area (TPSA) is 77.2 Å². The van der Waals surface area contributed by atoms with Crippen LogP contribution in [0.2, 0.25) is 0 Å². The molecule has 1 N–H and O–H groups in total. The number of hydrogen-bond donors (Lipinski definition) is 1. The molecule has 1 heterocycles. The van der Waals surface area contributed by atoms with E-state index in [0.717, 1.165) is 22.4 Å². The van der Waals surface area contributed by atoms with Crippen LogP contribution in [-0.2, 0) is 17.6 Å². The Bertz CT molecular complexity index is 872. The number of benzene rings is 2. The molecule has 3 rings (SSSR count). The van der Waals surface area contributed by atoms with Crippen molar-refractivity contribution in [1.29, 1.82) is 0 Å². The molecule has 134 valence electrons. The van der Waals surface area contributed by atoms with Gasteiger partial charge in [-0.1, -0.05) is 29.8 Å². The quantitative estimate of drug-likeness (QED) is 0.708. The number of nitrogens with zero attached hydrogens (tertiary/aromatic N) is 2. The van der Waals surface area contributed by atoms with Gasteiger partial charge in [-0.2, -0.15) is 0 Å². The van der Waals surface area contributed by atoms with Crippen molar-refractivity contribution >= 4 is 5.91 Å². The molecule has 0 spiro atoms. The van der Waals surface area contributed by atoms with Crippen LogP contribution in [0.15, 0.2) is 52.9 Å². The average Bonchev–Trinajstić information content (AvgIpc) is 3.11. The number of amides is 1. The minimum Gasteiger partial charge on any atom is -0.497 e. The number of carbonyl (C=O) groups excluding carboxylic acids is 1. The van der Waals surface area contributed by atoms with Crippen LogP contribution in [0.3, 0.4) is 0 Å². The van der Waals surface area contributed by atoms with Crippen molar-refractivity contribution < 1.29 is 13.9 Å². The van der Waals surface area contributed by atoms with E-state index in [-0.39, 0.29) is 5.91 Å². The summed E-state index contributed by atoms with van der Waals surface area (Å²) >= 11 is 0.